The summed E-state index contributed by atoms with van der Waals surface area (Å²) in [5.41, 5.74) is 7.55. The van der Waals surface area contributed by atoms with Gasteiger partial charge in [0.15, 0.2) is 5.43 Å². The Morgan fingerprint density at radius 3 is 2.70 bits per heavy atom. The van der Waals surface area contributed by atoms with Gasteiger partial charge in [0.25, 0.3) is 0 Å². The maximum Gasteiger partial charge on any atom is 0.193 e. The molecule has 0 saturated heterocycles. The van der Waals surface area contributed by atoms with Gasteiger partial charge in [-0.2, -0.15) is 0 Å². The number of ether oxygens (including phenoxy) is 1. The highest BCUT2D eigenvalue weighted by Gasteiger charge is 2.08. The normalized spacial score (nSPS) is 10.7. The number of benzene rings is 2. The van der Waals surface area contributed by atoms with Gasteiger partial charge in [-0.05, 0) is 24.3 Å². The lowest BCUT2D eigenvalue weighted by molar-refractivity contribution is 0.414. The Morgan fingerprint density at radius 1 is 1.10 bits per heavy atom. The highest BCUT2D eigenvalue weighted by atomic mass is 16.5. The van der Waals surface area contributed by atoms with Gasteiger partial charge in [0, 0.05) is 23.4 Å². The molecule has 0 aliphatic rings. The first kappa shape index (κ1) is 12.3. The van der Waals surface area contributed by atoms with Crippen LogP contribution in [0.3, 0.4) is 0 Å². The fourth-order valence-corrected chi connectivity index (χ4v) is 2.10. The van der Waals surface area contributed by atoms with Gasteiger partial charge in [-0.3, -0.25) is 4.79 Å². The van der Waals surface area contributed by atoms with Crippen molar-refractivity contribution in [2.75, 3.05) is 12.8 Å². The average molecular weight is 267 g/mol. The van der Waals surface area contributed by atoms with E-state index in [2.05, 4.69) is 0 Å². The molecule has 3 rings (SSSR count). The monoisotopic (exact) mass is 267 g/mol. The number of methoxy groups -OCH3 is 1. The SMILES string of the molecule is COc1ccc2c(=O)cc(-c3cccc(N)c3)oc2c1. The summed E-state index contributed by atoms with van der Waals surface area (Å²) in [4.78, 5) is 12.1. The van der Waals surface area contributed by atoms with Gasteiger partial charge in [0.2, 0.25) is 0 Å². The average Bonchev–Trinajstić information content (AvgIpc) is 2.46. The second-order valence-electron chi connectivity index (χ2n) is 4.46. The molecule has 0 aliphatic heterocycles. The van der Waals surface area contributed by atoms with Crippen LogP contribution in [0.1, 0.15) is 0 Å². The van der Waals surface area contributed by atoms with Crippen LogP contribution in [0.5, 0.6) is 5.75 Å². The van der Waals surface area contributed by atoms with E-state index < -0.39 is 0 Å². The maximum absolute atomic E-state index is 12.1. The first-order valence-electron chi connectivity index (χ1n) is 6.15. The first-order chi connectivity index (χ1) is 9.67. The summed E-state index contributed by atoms with van der Waals surface area (Å²) in [5.74, 6) is 1.13. The second kappa shape index (κ2) is 4.74. The van der Waals surface area contributed by atoms with Crippen LogP contribution in [0.4, 0.5) is 5.69 Å². The molecule has 0 bridgehead atoms. The molecule has 0 fully saturated rings. The third kappa shape index (κ3) is 2.12. The highest BCUT2D eigenvalue weighted by Crippen LogP contribution is 2.25. The maximum atomic E-state index is 12.1. The van der Waals surface area contributed by atoms with E-state index in [1.807, 2.05) is 12.1 Å². The van der Waals surface area contributed by atoms with Crippen LogP contribution >= 0.6 is 0 Å². The molecule has 0 atom stereocenters. The highest BCUT2D eigenvalue weighted by molar-refractivity contribution is 5.80. The molecule has 2 N–H and O–H groups in total. The lowest BCUT2D eigenvalue weighted by Gasteiger charge is -2.05. The summed E-state index contributed by atoms with van der Waals surface area (Å²) in [6.45, 7) is 0. The summed E-state index contributed by atoms with van der Waals surface area (Å²) in [7, 11) is 1.57. The quantitative estimate of drug-likeness (QED) is 0.725. The van der Waals surface area contributed by atoms with E-state index in [0.717, 1.165) is 5.56 Å². The van der Waals surface area contributed by atoms with Crippen molar-refractivity contribution in [2.45, 2.75) is 0 Å². The first-order valence-corrected chi connectivity index (χ1v) is 6.15. The largest absolute Gasteiger partial charge is 0.497 e. The van der Waals surface area contributed by atoms with Crippen molar-refractivity contribution < 1.29 is 9.15 Å². The number of hydrogen-bond donors (Lipinski definition) is 1. The van der Waals surface area contributed by atoms with E-state index in [0.29, 0.717) is 28.2 Å². The molecule has 4 heteroatoms. The Kier molecular flexibility index (Phi) is 2.91. The van der Waals surface area contributed by atoms with E-state index in [1.165, 1.54) is 6.07 Å². The number of fused-ring (bicyclic) bond motifs is 1. The molecule has 20 heavy (non-hydrogen) atoms. The fraction of sp³-hybridized carbons (Fsp3) is 0.0625. The summed E-state index contributed by atoms with van der Waals surface area (Å²) in [6.07, 6.45) is 0. The van der Waals surface area contributed by atoms with Crippen molar-refractivity contribution >= 4 is 16.7 Å². The Labute approximate surface area is 115 Å². The topological polar surface area (TPSA) is 65.5 Å². The van der Waals surface area contributed by atoms with Gasteiger partial charge in [-0.15, -0.1) is 0 Å². The Balaban J connectivity index is 2.25. The van der Waals surface area contributed by atoms with E-state index >= 15 is 0 Å². The number of hydrogen-bond acceptors (Lipinski definition) is 4. The van der Waals surface area contributed by atoms with E-state index in [9.17, 15) is 4.79 Å². The zero-order chi connectivity index (χ0) is 14.1. The molecule has 0 aliphatic carbocycles. The molecule has 4 nitrogen and oxygen atoms in total. The predicted octanol–water partition coefficient (Wildman–Crippen LogP) is 3.05. The zero-order valence-electron chi connectivity index (χ0n) is 10.9. The zero-order valence-corrected chi connectivity index (χ0v) is 10.9. The Morgan fingerprint density at radius 2 is 1.95 bits per heavy atom. The molecule has 2 aromatic carbocycles. The van der Waals surface area contributed by atoms with Crippen LogP contribution in [0.15, 0.2) is 57.7 Å². The van der Waals surface area contributed by atoms with Crippen LogP contribution < -0.4 is 15.9 Å². The fourth-order valence-electron chi connectivity index (χ4n) is 2.10. The van der Waals surface area contributed by atoms with Crippen molar-refractivity contribution in [2.24, 2.45) is 0 Å². The summed E-state index contributed by atoms with van der Waals surface area (Å²) in [6, 6.07) is 13.8. The van der Waals surface area contributed by atoms with Gasteiger partial charge >= 0.3 is 0 Å². The van der Waals surface area contributed by atoms with Crippen LogP contribution in [-0.2, 0) is 0 Å². The summed E-state index contributed by atoms with van der Waals surface area (Å²) >= 11 is 0. The van der Waals surface area contributed by atoms with Crippen molar-refractivity contribution in [1.29, 1.82) is 0 Å². The predicted molar refractivity (Wildman–Crippen MR) is 78.9 cm³/mol. The van der Waals surface area contributed by atoms with E-state index in [4.69, 9.17) is 14.9 Å². The lowest BCUT2D eigenvalue weighted by Crippen LogP contribution is -2.00. The van der Waals surface area contributed by atoms with Crippen LogP contribution in [-0.4, -0.2) is 7.11 Å². The van der Waals surface area contributed by atoms with E-state index in [-0.39, 0.29) is 5.43 Å². The summed E-state index contributed by atoms with van der Waals surface area (Å²) in [5, 5.41) is 0.526. The Hall–Kier alpha value is -2.75. The van der Waals surface area contributed by atoms with Crippen LogP contribution in [0.2, 0.25) is 0 Å². The molecule has 0 spiro atoms. The van der Waals surface area contributed by atoms with Crippen molar-refractivity contribution in [3.63, 3.8) is 0 Å². The Bertz CT molecular complexity index is 836. The third-order valence-electron chi connectivity index (χ3n) is 3.11. The lowest BCUT2D eigenvalue weighted by atomic mass is 10.1. The minimum atomic E-state index is -0.0914. The molecule has 0 unspecified atom stereocenters. The van der Waals surface area contributed by atoms with Crippen molar-refractivity contribution in [3.05, 3.63) is 58.8 Å². The summed E-state index contributed by atoms with van der Waals surface area (Å²) < 4.78 is 10.9. The van der Waals surface area contributed by atoms with Gasteiger partial charge in [-0.25, -0.2) is 0 Å². The number of nitrogens with two attached hydrogens (primary N) is 1. The molecule has 1 aromatic heterocycles. The number of nitrogen functional groups attached to an aromatic ring is 1. The molecule has 0 amide bonds. The number of rotatable bonds is 2. The molecule has 0 saturated carbocycles. The van der Waals surface area contributed by atoms with Crippen molar-refractivity contribution in [1.82, 2.24) is 0 Å². The third-order valence-corrected chi connectivity index (χ3v) is 3.11. The molecular weight excluding hydrogens is 254 g/mol. The molecule has 1 heterocycles. The standard InChI is InChI=1S/C16H13NO3/c1-19-12-5-6-13-14(18)9-15(20-16(13)8-12)10-3-2-4-11(17)7-10/h2-9H,17H2,1H3. The second-order valence-corrected chi connectivity index (χ2v) is 4.46. The number of anilines is 1. The van der Waals surface area contributed by atoms with Gasteiger partial charge < -0.3 is 14.9 Å². The minimum Gasteiger partial charge on any atom is -0.497 e. The van der Waals surface area contributed by atoms with Gasteiger partial charge in [0.1, 0.15) is 17.1 Å². The van der Waals surface area contributed by atoms with Crippen molar-refractivity contribution in [3.8, 4) is 17.1 Å². The van der Waals surface area contributed by atoms with Crippen LogP contribution in [0.25, 0.3) is 22.3 Å². The van der Waals surface area contributed by atoms with E-state index in [1.54, 1.807) is 37.4 Å². The molecule has 0 radical (unpaired) electrons. The molecular formula is C16H13NO3. The molecule has 3 aromatic rings. The van der Waals surface area contributed by atoms with Gasteiger partial charge in [0.05, 0.1) is 12.5 Å². The van der Waals surface area contributed by atoms with Crippen LogP contribution in [0, 0.1) is 0 Å². The smallest absolute Gasteiger partial charge is 0.193 e. The van der Waals surface area contributed by atoms with Gasteiger partial charge in [-0.1, -0.05) is 12.1 Å². The molecule has 100 valence electrons. The minimum absolute atomic E-state index is 0.0914.